The van der Waals surface area contributed by atoms with Gasteiger partial charge in [0, 0.05) is 69.4 Å². The molecule has 9 amide bonds. The molecular weight excluding hydrogens is 1480 g/mol. The first-order valence-corrected chi connectivity index (χ1v) is 33.9. The number of nitrogen functional groups attached to an aromatic ring is 1. The second-order valence-electron chi connectivity index (χ2n) is 25.1. The molecule has 2 aromatic heterocycles. The first kappa shape index (κ1) is 94.0. The van der Waals surface area contributed by atoms with Gasteiger partial charge in [-0.2, -0.15) is 4.98 Å². The minimum Gasteiger partial charge on any atom is -0.481 e. The van der Waals surface area contributed by atoms with E-state index in [1.54, 1.807) is 0 Å². The van der Waals surface area contributed by atoms with Crippen LogP contribution in [0.25, 0.3) is 11.2 Å². The minimum atomic E-state index is -2.21. The Hall–Kier alpha value is -10.3. The van der Waals surface area contributed by atoms with Crippen molar-refractivity contribution in [2.75, 3.05) is 50.5 Å². The van der Waals surface area contributed by atoms with E-state index in [2.05, 4.69) is 73.1 Å². The van der Waals surface area contributed by atoms with E-state index < -0.39 is 308 Å². The van der Waals surface area contributed by atoms with E-state index in [4.69, 9.17) is 15.9 Å². The van der Waals surface area contributed by atoms with Crippen LogP contribution >= 0.6 is 0 Å². The zero-order chi connectivity index (χ0) is 82.8. The molecule has 0 saturated heterocycles. The lowest BCUT2D eigenvalue weighted by Crippen LogP contribution is -2.59. The molecule has 0 saturated carbocycles. The summed E-state index contributed by atoms with van der Waals surface area (Å²) in [5, 5.41) is 201. The van der Waals surface area contributed by atoms with Crippen molar-refractivity contribution in [1.82, 2.24) is 67.8 Å². The van der Waals surface area contributed by atoms with Crippen LogP contribution < -0.4 is 64.5 Å². The van der Waals surface area contributed by atoms with Crippen molar-refractivity contribution in [2.24, 2.45) is 0 Å². The van der Waals surface area contributed by atoms with E-state index in [0.717, 1.165) is 6.92 Å². The fourth-order valence-electron chi connectivity index (χ4n) is 9.90. The van der Waals surface area contributed by atoms with Gasteiger partial charge in [0.2, 0.25) is 53.2 Å². The number of carbonyl (C=O) groups excluding carboxylic acids is 10. The van der Waals surface area contributed by atoms with Gasteiger partial charge in [-0.05, 0) is 69.7 Å². The molecule has 0 spiro atoms. The zero-order valence-corrected chi connectivity index (χ0v) is 58.9. The number of carbonyl (C=O) groups is 13. The lowest BCUT2D eigenvalue weighted by molar-refractivity contribution is -0.140. The van der Waals surface area contributed by atoms with Crippen LogP contribution in [-0.4, -0.2) is 338 Å². The number of aromatic nitrogens is 4. The molecule has 0 aliphatic rings. The van der Waals surface area contributed by atoms with Gasteiger partial charge in [-0.3, -0.25) is 67.3 Å². The number of aliphatic hydroxyl groups excluding tert-OH is 15. The number of amides is 9. The number of rotatable bonds is 52. The maximum atomic E-state index is 14.6. The normalized spacial score (nSPS) is 16.3. The number of nitrogens with one attached hydrogen (secondary N) is 11. The van der Waals surface area contributed by atoms with E-state index >= 15 is 0 Å². The largest absolute Gasteiger partial charge is 0.481 e. The maximum absolute atomic E-state index is 14.6. The van der Waals surface area contributed by atoms with Crippen molar-refractivity contribution < 1.29 is 154 Å². The van der Waals surface area contributed by atoms with Gasteiger partial charge in [-0.25, -0.2) is 14.8 Å². The Kier molecular flexibility index (Phi) is 40.1. The van der Waals surface area contributed by atoms with Gasteiger partial charge in [0.15, 0.2) is 16.9 Å². The summed E-state index contributed by atoms with van der Waals surface area (Å²) in [6.45, 7) is -4.94. The number of hydrogen-bond donors (Lipinski definition) is 30. The van der Waals surface area contributed by atoms with Gasteiger partial charge in [0.1, 0.15) is 85.1 Å². The fourth-order valence-corrected chi connectivity index (χ4v) is 9.90. The Morgan fingerprint density at radius 2 is 0.782 bits per heavy atom. The molecule has 3 rings (SSSR count). The third-order valence-electron chi connectivity index (χ3n) is 16.5. The van der Waals surface area contributed by atoms with Crippen LogP contribution in [0.3, 0.4) is 0 Å². The van der Waals surface area contributed by atoms with Gasteiger partial charge in [0.25, 0.3) is 11.5 Å². The quantitative estimate of drug-likeness (QED) is 0.0250. The Morgan fingerprint density at radius 3 is 1.15 bits per heavy atom. The monoisotopic (exact) mass is 1570 g/mol. The third-order valence-corrected chi connectivity index (χ3v) is 16.5. The number of aromatic amines is 1. The van der Waals surface area contributed by atoms with E-state index in [1.807, 2.05) is 0 Å². The molecule has 47 heteroatoms. The number of benzene rings is 1. The average molecular weight is 1570 g/mol. The van der Waals surface area contributed by atoms with Gasteiger partial charge < -0.3 is 151 Å². The molecule has 0 aliphatic carbocycles. The molecule has 0 radical (unpaired) electrons. The first-order valence-electron chi connectivity index (χ1n) is 33.9. The molecule has 31 N–H and O–H groups in total. The number of Topliss-reactive ketones (excluding diaryl/α,β-unsaturated/α-hetero) is 1. The highest BCUT2D eigenvalue weighted by atomic mass is 16.4. The van der Waals surface area contributed by atoms with Crippen LogP contribution in [0.5, 0.6) is 0 Å². The van der Waals surface area contributed by atoms with Crippen molar-refractivity contribution >= 4 is 99.7 Å². The summed E-state index contributed by atoms with van der Waals surface area (Å²) < 4.78 is 0. The summed E-state index contributed by atoms with van der Waals surface area (Å²) in [4.78, 5) is 200. The second kappa shape index (κ2) is 47.0. The molecule has 0 aliphatic heterocycles. The Balaban J connectivity index is 2.03. The zero-order valence-electron chi connectivity index (χ0n) is 58.9. The molecular formula is C63H95N15O32. The summed E-state index contributed by atoms with van der Waals surface area (Å²) in [5.74, 6) is -17.0. The van der Waals surface area contributed by atoms with Crippen molar-refractivity contribution in [1.29, 1.82) is 0 Å². The van der Waals surface area contributed by atoms with Crippen LogP contribution in [0.15, 0.2) is 35.3 Å². The highest BCUT2D eigenvalue weighted by Crippen LogP contribution is 2.16. The first-order chi connectivity index (χ1) is 51.7. The molecule has 2 heterocycles. The smallest absolute Gasteiger partial charge is 0.326 e. The molecule has 614 valence electrons. The number of anilines is 2. The number of H-pyrrole nitrogens is 1. The second-order valence-corrected chi connectivity index (χ2v) is 25.1. The summed E-state index contributed by atoms with van der Waals surface area (Å²) >= 11 is 0. The number of nitrogens with zero attached hydrogens (tertiary/aromatic N) is 3. The molecule has 47 nitrogen and oxygen atoms in total. The van der Waals surface area contributed by atoms with Gasteiger partial charge >= 0.3 is 17.9 Å². The van der Waals surface area contributed by atoms with Crippen LogP contribution in [0.2, 0.25) is 0 Å². The van der Waals surface area contributed by atoms with Crippen LogP contribution in [0.1, 0.15) is 100 Å². The van der Waals surface area contributed by atoms with E-state index in [-0.39, 0.29) is 29.2 Å². The lowest BCUT2D eigenvalue weighted by Gasteiger charge is -2.27. The molecule has 0 unspecified atom stereocenters. The third kappa shape index (κ3) is 32.1. The fraction of sp³-hybridized carbons (Fsp3) is 0.603. The number of nitrogens with two attached hydrogens (primary N) is 1. The number of ketones is 1. The summed E-state index contributed by atoms with van der Waals surface area (Å²) in [7, 11) is 0. The van der Waals surface area contributed by atoms with Crippen LogP contribution in [0, 0.1) is 0 Å². The number of carboxylic acids is 3. The van der Waals surface area contributed by atoms with E-state index in [9.17, 15) is 149 Å². The SMILES string of the molecule is CC(=O)[C@H](CCC(=O)O)NC(=O)[C@H](CCC(=O)NC[C@H](O)[C@@H](O)[C@H](O)[C@H](O)CO)NC(=O)[C@H](CCC(=O)NC[C@H](O)[C@@H](O)[C@H](O)[C@H](O)CO)NC(=O)[C@H](CCC(=O)O)NC(=O)[C@H](CCC(=O)NC[C@H](O)[C@@H](O)[C@H](O)[C@H](O)CO)NC(=O)CC[C@H](NC(=O)c1ccc(NCc2cnc3nc(N)[nH]c(=O)c3n2)cc1)C(=O)O. The van der Waals surface area contributed by atoms with Gasteiger partial charge in [0.05, 0.1) is 62.6 Å². The molecule has 0 bridgehead atoms. The predicted molar refractivity (Wildman–Crippen MR) is 368 cm³/mol. The molecule has 0 fully saturated rings. The number of hydrogen-bond acceptors (Lipinski definition) is 34. The Labute approximate surface area is 622 Å². The summed E-state index contributed by atoms with van der Waals surface area (Å²) in [6, 6.07) is -6.42. The Bertz CT molecular complexity index is 3660. The summed E-state index contributed by atoms with van der Waals surface area (Å²) in [5.41, 5.74) is 5.41. The standard InChI is InChI=1S/C63H95N15O32/c1-26(82)30(10-16-46(93)94)72-58(105)32(7-13-43(90)67-21-37(84)50(98)53(101)40(87)24-80)73-59(106)33(8-14-44(91)68-22-38(85)51(99)54(102)41(88)25-81)74-60(107)34(11-17-47(95)96)75-57(104)31(6-12-42(89)66-20-36(83)49(97)52(100)39(86)23-79)71-45(92)15-9-35(62(109)110)76-56(103)27-2-4-28(5-3-27)65-18-29-19-69-55-48(70-29)61(108)78-63(64)77-55/h2-5,19,30-41,49-54,65,79-81,83-88,97-102H,6-18,20-25H2,1H3,(H,66,89)(H,67,90)(H,68,91)(H,71,92)(H,72,105)(H,73,106)(H,74,107)(H,75,104)(H,76,103)(H,93,94)(H,95,96)(H,109,110)(H3,64,69,77,78,108)/t30-,31-,32-,33-,34-,35-,36-,37-,38-,39+,40+,41+,49+,50+,51+,52+,53+,54+/m0/s1. The van der Waals surface area contributed by atoms with Crippen LogP contribution in [-0.2, 0) is 64.1 Å². The predicted octanol–water partition coefficient (Wildman–Crippen LogP) is -13.4. The van der Waals surface area contributed by atoms with E-state index in [1.165, 1.54) is 30.5 Å². The average Bonchev–Trinajstić information content (AvgIpc) is 0.811. The topological polar surface area (TPSA) is 804 Å². The molecule has 3 aromatic rings. The minimum absolute atomic E-state index is 0.0101. The van der Waals surface area contributed by atoms with E-state index in [0.29, 0.717) is 11.4 Å². The van der Waals surface area contributed by atoms with Gasteiger partial charge in [-0.1, -0.05) is 0 Å². The van der Waals surface area contributed by atoms with Gasteiger partial charge in [-0.15, -0.1) is 0 Å². The number of aliphatic hydroxyl groups is 15. The van der Waals surface area contributed by atoms with Crippen molar-refractivity contribution in [3.05, 3.63) is 52.1 Å². The maximum Gasteiger partial charge on any atom is 0.326 e. The number of aliphatic carboxylic acids is 3. The highest BCUT2D eigenvalue weighted by Gasteiger charge is 2.37. The van der Waals surface area contributed by atoms with Crippen molar-refractivity contribution in [3.63, 3.8) is 0 Å². The molecule has 1 aromatic carbocycles. The highest BCUT2D eigenvalue weighted by molar-refractivity contribution is 5.98. The number of carboxylic acid groups (broad SMARTS) is 3. The van der Waals surface area contributed by atoms with Crippen LogP contribution in [0.4, 0.5) is 11.6 Å². The van der Waals surface area contributed by atoms with Crippen molar-refractivity contribution in [3.8, 4) is 0 Å². The lowest BCUT2D eigenvalue weighted by atomic mass is 10.0. The van der Waals surface area contributed by atoms with Crippen molar-refractivity contribution in [2.45, 2.75) is 200 Å². The number of fused-ring (bicyclic) bond motifs is 1. The Morgan fingerprint density at radius 1 is 0.436 bits per heavy atom. The summed E-state index contributed by atoms with van der Waals surface area (Å²) in [6.07, 6.45) is -33.6. The molecule has 110 heavy (non-hydrogen) atoms. The molecule has 18 atom stereocenters.